The summed E-state index contributed by atoms with van der Waals surface area (Å²) in [7, 11) is 0. The van der Waals surface area contributed by atoms with Gasteiger partial charge in [0.15, 0.2) is 0 Å². The highest BCUT2D eigenvalue weighted by atomic mass is 19.1. The molecular weight excluding hydrogens is 267 g/mol. The Morgan fingerprint density at radius 3 is 2.38 bits per heavy atom. The fourth-order valence-corrected chi connectivity index (χ4v) is 1.94. The van der Waals surface area contributed by atoms with Crippen LogP contribution >= 0.6 is 0 Å². The molecule has 21 heavy (non-hydrogen) atoms. The number of nitrogens with one attached hydrogen (secondary N) is 1. The van der Waals surface area contributed by atoms with Crippen LogP contribution in [0.3, 0.4) is 0 Å². The monoisotopic (exact) mass is 284 g/mol. The van der Waals surface area contributed by atoms with Crippen molar-refractivity contribution in [3.05, 3.63) is 71.5 Å². The van der Waals surface area contributed by atoms with Crippen LogP contribution in [0.25, 0.3) is 0 Å². The van der Waals surface area contributed by atoms with Crippen LogP contribution in [0.1, 0.15) is 24.5 Å². The van der Waals surface area contributed by atoms with Gasteiger partial charge >= 0.3 is 0 Å². The van der Waals surface area contributed by atoms with Gasteiger partial charge in [-0.2, -0.15) is 5.10 Å². The van der Waals surface area contributed by atoms with Crippen molar-refractivity contribution in [2.45, 2.75) is 19.8 Å². The van der Waals surface area contributed by atoms with Gasteiger partial charge in [-0.3, -0.25) is 4.79 Å². The first-order chi connectivity index (χ1) is 10.2. The average Bonchev–Trinajstić information content (AvgIpc) is 2.51. The van der Waals surface area contributed by atoms with Gasteiger partial charge in [-0.15, -0.1) is 0 Å². The summed E-state index contributed by atoms with van der Waals surface area (Å²) in [6, 6.07) is 15.6. The number of rotatable bonds is 5. The molecule has 1 amide bonds. The SMILES string of the molecule is CC/C(=N/NC(=O)Cc1ccc(F)cc1)c1ccccc1. The lowest BCUT2D eigenvalue weighted by molar-refractivity contribution is -0.120. The van der Waals surface area contributed by atoms with Crippen LogP contribution in [0, 0.1) is 5.82 Å². The molecule has 0 atom stereocenters. The summed E-state index contributed by atoms with van der Waals surface area (Å²) >= 11 is 0. The predicted molar refractivity (Wildman–Crippen MR) is 81.5 cm³/mol. The van der Waals surface area contributed by atoms with Gasteiger partial charge in [0.05, 0.1) is 12.1 Å². The topological polar surface area (TPSA) is 41.5 Å². The quantitative estimate of drug-likeness (QED) is 0.664. The Bertz CT molecular complexity index is 621. The van der Waals surface area contributed by atoms with E-state index in [1.807, 2.05) is 37.3 Å². The molecule has 2 rings (SSSR count). The number of carbonyl (C=O) groups is 1. The zero-order valence-electron chi connectivity index (χ0n) is 11.8. The van der Waals surface area contributed by atoms with Crippen molar-refractivity contribution in [2.75, 3.05) is 0 Å². The molecule has 0 heterocycles. The number of benzene rings is 2. The summed E-state index contributed by atoms with van der Waals surface area (Å²) in [5, 5.41) is 4.17. The van der Waals surface area contributed by atoms with Crippen LogP contribution in [-0.2, 0) is 11.2 Å². The molecule has 0 aliphatic carbocycles. The second kappa shape index (κ2) is 7.33. The summed E-state index contributed by atoms with van der Waals surface area (Å²) < 4.78 is 12.8. The van der Waals surface area contributed by atoms with E-state index in [1.54, 1.807) is 12.1 Å². The lowest BCUT2D eigenvalue weighted by atomic mass is 10.1. The molecule has 0 unspecified atom stereocenters. The van der Waals surface area contributed by atoms with Crippen molar-refractivity contribution in [1.82, 2.24) is 5.43 Å². The van der Waals surface area contributed by atoms with E-state index in [0.717, 1.165) is 23.3 Å². The summed E-state index contributed by atoms with van der Waals surface area (Å²) in [6.07, 6.45) is 0.899. The number of hydrogen-bond acceptors (Lipinski definition) is 2. The number of halogens is 1. The molecule has 3 nitrogen and oxygen atoms in total. The highest BCUT2D eigenvalue weighted by Gasteiger charge is 2.04. The van der Waals surface area contributed by atoms with Crippen LogP contribution in [0.15, 0.2) is 59.7 Å². The Labute approximate surface area is 123 Å². The van der Waals surface area contributed by atoms with Crippen molar-refractivity contribution >= 4 is 11.6 Å². The number of nitrogens with zero attached hydrogens (tertiary/aromatic N) is 1. The lowest BCUT2D eigenvalue weighted by Crippen LogP contribution is -2.21. The largest absolute Gasteiger partial charge is 0.273 e. The molecule has 0 saturated carbocycles. The van der Waals surface area contributed by atoms with Crippen molar-refractivity contribution in [3.8, 4) is 0 Å². The molecular formula is C17H17FN2O. The third-order valence-corrected chi connectivity index (χ3v) is 3.04. The van der Waals surface area contributed by atoms with E-state index in [9.17, 15) is 9.18 Å². The van der Waals surface area contributed by atoms with E-state index >= 15 is 0 Å². The van der Waals surface area contributed by atoms with Crippen LogP contribution < -0.4 is 5.43 Å². The molecule has 0 aromatic heterocycles. The highest BCUT2D eigenvalue weighted by Crippen LogP contribution is 2.05. The molecule has 0 bridgehead atoms. The number of carbonyl (C=O) groups excluding carboxylic acids is 1. The van der Waals surface area contributed by atoms with Crippen LogP contribution in [0.5, 0.6) is 0 Å². The molecule has 2 aromatic rings. The van der Waals surface area contributed by atoms with Gasteiger partial charge in [0.25, 0.3) is 0 Å². The van der Waals surface area contributed by atoms with Gasteiger partial charge in [-0.25, -0.2) is 9.82 Å². The van der Waals surface area contributed by atoms with Crippen LogP contribution in [0.4, 0.5) is 4.39 Å². The first-order valence-corrected chi connectivity index (χ1v) is 6.84. The van der Waals surface area contributed by atoms with E-state index < -0.39 is 0 Å². The molecule has 2 aromatic carbocycles. The van der Waals surface area contributed by atoms with Gasteiger partial charge in [-0.1, -0.05) is 49.4 Å². The molecule has 0 radical (unpaired) electrons. The summed E-state index contributed by atoms with van der Waals surface area (Å²) in [6.45, 7) is 1.98. The standard InChI is InChI=1S/C17H17FN2O/c1-2-16(14-6-4-3-5-7-14)19-20-17(21)12-13-8-10-15(18)11-9-13/h3-11H,2,12H2,1H3,(H,20,21)/b19-16-. The summed E-state index contributed by atoms with van der Waals surface area (Å²) in [5.41, 5.74) is 5.11. The molecule has 0 fully saturated rings. The maximum absolute atomic E-state index is 12.8. The predicted octanol–water partition coefficient (Wildman–Crippen LogP) is 3.30. The summed E-state index contributed by atoms with van der Waals surface area (Å²) in [5.74, 6) is -0.530. The first-order valence-electron chi connectivity index (χ1n) is 6.84. The Kier molecular flexibility index (Phi) is 5.21. The van der Waals surface area contributed by atoms with Gasteiger partial charge in [0.1, 0.15) is 5.82 Å². The van der Waals surface area contributed by atoms with Crippen LogP contribution in [-0.4, -0.2) is 11.6 Å². The van der Waals surface area contributed by atoms with Gasteiger partial charge in [0, 0.05) is 0 Å². The minimum Gasteiger partial charge on any atom is -0.273 e. The maximum atomic E-state index is 12.8. The molecule has 0 spiro atoms. The average molecular weight is 284 g/mol. The first kappa shape index (κ1) is 14.9. The molecule has 4 heteroatoms. The number of hydrogen-bond donors (Lipinski definition) is 1. The Hall–Kier alpha value is -2.49. The third-order valence-electron chi connectivity index (χ3n) is 3.04. The zero-order chi connectivity index (χ0) is 15.1. The lowest BCUT2D eigenvalue weighted by Gasteiger charge is -2.05. The van der Waals surface area contributed by atoms with E-state index in [2.05, 4.69) is 10.5 Å². The Morgan fingerprint density at radius 2 is 1.76 bits per heavy atom. The number of hydrazone groups is 1. The highest BCUT2D eigenvalue weighted by molar-refractivity contribution is 6.00. The fourth-order valence-electron chi connectivity index (χ4n) is 1.94. The van der Waals surface area contributed by atoms with E-state index in [-0.39, 0.29) is 18.1 Å². The Balaban J connectivity index is 1.98. The summed E-state index contributed by atoms with van der Waals surface area (Å²) in [4.78, 5) is 11.8. The minimum absolute atomic E-state index is 0.176. The van der Waals surface area contributed by atoms with Crippen molar-refractivity contribution in [1.29, 1.82) is 0 Å². The molecule has 0 saturated heterocycles. The van der Waals surface area contributed by atoms with E-state index in [1.165, 1.54) is 12.1 Å². The van der Waals surface area contributed by atoms with Gasteiger partial charge in [0.2, 0.25) is 5.91 Å². The third kappa shape index (κ3) is 4.53. The normalized spacial score (nSPS) is 11.2. The number of amides is 1. The minimum atomic E-state index is -0.311. The second-order valence-corrected chi connectivity index (χ2v) is 4.62. The smallest absolute Gasteiger partial charge is 0.244 e. The zero-order valence-corrected chi connectivity index (χ0v) is 11.8. The van der Waals surface area contributed by atoms with E-state index in [4.69, 9.17) is 0 Å². The van der Waals surface area contributed by atoms with Gasteiger partial charge < -0.3 is 0 Å². The molecule has 0 aliphatic heterocycles. The van der Waals surface area contributed by atoms with Crippen molar-refractivity contribution in [3.63, 3.8) is 0 Å². The van der Waals surface area contributed by atoms with Gasteiger partial charge in [-0.05, 0) is 29.7 Å². The fraction of sp³-hybridized carbons (Fsp3) is 0.176. The van der Waals surface area contributed by atoms with E-state index in [0.29, 0.717) is 0 Å². The molecule has 0 aliphatic rings. The molecule has 1 N–H and O–H groups in total. The maximum Gasteiger partial charge on any atom is 0.244 e. The van der Waals surface area contributed by atoms with Crippen molar-refractivity contribution < 1.29 is 9.18 Å². The Morgan fingerprint density at radius 1 is 1.10 bits per heavy atom. The second-order valence-electron chi connectivity index (χ2n) is 4.62. The molecule has 108 valence electrons. The van der Waals surface area contributed by atoms with Crippen LogP contribution in [0.2, 0.25) is 0 Å². The van der Waals surface area contributed by atoms with Crippen molar-refractivity contribution in [2.24, 2.45) is 5.10 Å².